The van der Waals surface area contributed by atoms with Crippen molar-refractivity contribution in [1.29, 1.82) is 0 Å². The van der Waals surface area contributed by atoms with Gasteiger partial charge < -0.3 is 14.6 Å². The predicted octanol–water partition coefficient (Wildman–Crippen LogP) is 2.65. The van der Waals surface area contributed by atoms with Crippen molar-refractivity contribution in [3.63, 3.8) is 0 Å². The van der Waals surface area contributed by atoms with Gasteiger partial charge in [0.05, 0.1) is 7.11 Å². The van der Waals surface area contributed by atoms with E-state index < -0.39 is 0 Å². The second-order valence-corrected chi connectivity index (χ2v) is 4.61. The minimum absolute atomic E-state index is 0.929. The Bertz CT molecular complexity index is 543. The van der Waals surface area contributed by atoms with Gasteiger partial charge in [-0.25, -0.2) is 0 Å². The largest absolute Gasteiger partial charge is 0.497 e. The number of aryl methyl sites for hydroxylation is 1. The molecule has 0 bridgehead atoms. The lowest BCUT2D eigenvalue weighted by Gasteiger charge is -2.04. The lowest BCUT2D eigenvalue weighted by atomic mass is 10.1. The second-order valence-electron chi connectivity index (χ2n) is 4.61. The Morgan fingerprint density at radius 3 is 2.78 bits per heavy atom. The maximum absolute atomic E-state index is 5.33. The van der Waals surface area contributed by atoms with Crippen molar-refractivity contribution in [2.75, 3.05) is 20.2 Å². The minimum Gasteiger partial charge on any atom is -0.497 e. The second kappa shape index (κ2) is 5.44. The maximum Gasteiger partial charge on any atom is 0.119 e. The molecular formula is C15H22N2O. The third kappa shape index (κ3) is 2.23. The highest BCUT2D eigenvalue weighted by atomic mass is 16.5. The zero-order valence-corrected chi connectivity index (χ0v) is 11.7. The number of benzene rings is 1. The quantitative estimate of drug-likeness (QED) is 0.821. The highest BCUT2D eigenvalue weighted by molar-refractivity contribution is 5.86. The molecule has 1 aromatic carbocycles. The summed E-state index contributed by atoms with van der Waals surface area (Å²) in [5.74, 6) is 0.929. The van der Waals surface area contributed by atoms with Gasteiger partial charge in [-0.05, 0) is 50.2 Å². The zero-order valence-electron chi connectivity index (χ0n) is 11.7. The van der Waals surface area contributed by atoms with E-state index in [4.69, 9.17) is 4.74 Å². The van der Waals surface area contributed by atoms with Crippen LogP contribution in [0.25, 0.3) is 10.9 Å². The van der Waals surface area contributed by atoms with E-state index in [2.05, 4.69) is 42.9 Å². The number of aromatic nitrogens is 1. The van der Waals surface area contributed by atoms with Crippen LogP contribution in [-0.2, 0) is 13.5 Å². The molecule has 1 aromatic heterocycles. The molecule has 3 heteroatoms. The summed E-state index contributed by atoms with van der Waals surface area (Å²) in [6.07, 6.45) is 1.06. The van der Waals surface area contributed by atoms with Crippen LogP contribution in [0.4, 0.5) is 0 Å². The average molecular weight is 246 g/mol. The molecule has 2 aromatic rings. The van der Waals surface area contributed by atoms with Crippen molar-refractivity contribution in [2.45, 2.75) is 20.3 Å². The Morgan fingerprint density at radius 1 is 1.33 bits per heavy atom. The molecule has 1 N–H and O–H groups in total. The molecule has 1 heterocycles. The monoisotopic (exact) mass is 246 g/mol. The van der Waals surface area contributed by atoms with E-state index in [1.54, 1.807) is 7.11 Å². The fourth-order valence-corrected chi connectivity index (χ4v) is 2.46. The van der Waals surface area contributed by atoms with Gasteiger partial charge in [0.2, 0.25) is 0 Å². The predicted molar refractivity (Wildman–Crippen MR) is 76.5 cm³/mol. The summed E-state index contributed by atoms with van der Waals surface area (Å²) in [7, 11) is 3.84. The molecule has 0 saturated carbocycles. The summed E-state index contributed by atoms with van der Waals surface area (Å²) >= 11 is 0. The molecule has 3 nitrogen and oxygen atoms in total. The number of hydrogen-bond acceptors (Lipinski definition) is 2. The number of methoxy groups -OCH3 is 1. The van der Waals surface area contributed by atoms with Crippen LogP contribution in [0.1, 0.15) is 18.2 Å². The summed E-state index contributed by atoms with van der Waals surface area (Å²) in [6, 6.07) is 6.30. The van der Waals surface area contributed by atoms with Gasteiger partial charge in [-0.15, -0.1) is 0 Å². The topological polar surface area (TPSA) is 26.2 Å². The van der Waals surface area contributed by atoms with Gasteiger partial charge in [0, 0.05) is 23.6 Å². The SMILES string of the molecule is CCNCCc1c(C)n(C)c2ccc(OC)cc12. The van der Waals surface area contributed by atoms with Crippen LogP contribution in [0.2, 0.25) is 0 Å². The first kappa shape index (κ1) is 13.0. The van der Waals surface area contributed by atoms with E-state index in [-0.39, 0.29) is 0 Å². The van der Waals surface area contributed by atoms with Gasteiger partial charge in [-0.1, -0.05) is 6.92 Å². The molecule has 0 spiro atoms. The molecule has 0 radical (unpaired) electrons. The smallest absolute Gasteiger partial charge is 0.119 e. The van der Waals surface area contributed by atoms with Crippen molar-refractivity contribution in [1.82, 2.24) is 9.88 Å². The Hall–Kier alpha value is -1.48. The first-order chi connectivity index (χ1) is 8.69. The van der Waals surface area contributed by atoms with Crippen LogP contribution in [-0.4, -0.2) is 24.8 Å². The van der Waals surface area contributed by atoms with E-state index in [0.717, 1.165) is 25.3 Å². The van der Waals surface area contributed by atoms with Gasteiger partial charge in [0.25, 0.3) is 0 Å². The van der Waals surface area contributed by atoms with E-state index >= 15 is 0 Å². The normalized spacial score (nSPS) is 11.1. The van der Waals surface area contributed by atoms with Crippen LogP contribution in [0.3, 0.4) is 0 Å². The molecule has 0 aliphatic rings. The van der Waals surface area contributed by atoms with E-state index in [9.17, 15) is 0 Å². The van der Waals surface area contributed by atoms with Crippen LogP contribution < -0.4 is 10.1 Å². The average Bonchev–Trinajstić information content (AvgIpc) is 2.63. The molecule has 2 rings (SSSR count). The van der Waals surface area contributed by atoms with Gasteiger partial charge in [-0.3, -0.25) is 0 Å². The Morgan fingerprint density at radius 2 is 2.11 bits per heavy atom. The molecular weight excluding hydrogens is 224 g/mol. The number of fused-ring (bicyclic) bond motifs is 1. The molecule has 98 valence electrons. The highest BCUT2D eigenvalue weighted by Crippen LogP contribution is 2.28. The van der Waals surface area contributed by atoms with Gasteiger partial charge in [-0.2, -0.15) is 0 Å². The minimum atomic E-state index is 0.929. The van der Waals surface area contributed by atoms with Crippen molar-refractivity contribution in [2.24, 2.45) is 7.05 Å². The van der Waals surface area contributed by atoms with Crippen molar-refractivity contribution in [3.05, 3.63) is 29.5 Å². The number of nitrogens with one attached hydrogen (secondary N) is 1. The first-order valence-corrected chi connectivity index (χ1v) is 6.51. The van der Waals surface area contributed by atoms with E-state index in [0.29, 0.717) is 0 Å². The molecule has 18 heavy (non-hydrogen) atoms. The summed E-state index contributed by atoms with van der Waals surface area (Å²) in [5.41, 5.74) is 4.04. The summed E-state index contributed by atoms with van der Waals surface area (Å²) in [4.78, 5) is 0. The lowest BCUT2D eigenvalue weighted by Crippen LogP contribution is -2.16. The standard InChI is InChI=1S/C15H22N2O/c1-5-16-9-8-13-11(2)17(3)15-7-6-12(18-4)10-14(13)15/h6-7,10,16H,5,8-9H2,1-4H3. The summed E-state index contributed by atoms with van der Waals surface area (Å²) in [5, 5.41) is 4.70. The lowest BCUT2D eigenvalue weighted by molar-refractivity contribution is 0.415. The number of likely N-dealkylation sites (N-methyl/N-ethyl adjacent to an activating group) is 1. The summed E-state index contributed by atoms with van der Waals surface area (Å²) in [6.45, 7) is 6.37. The number of ether oxygens (including phenoxy) is 1. The fourth-order valence-electron chi connectivity index (χ4n) is 2.46. The molecule has 0 aliphatic carbocycles. The number of rotatable bonds is 5. The van der Waals surface area contributed by atoms with Crippen LogP contribution in [0.5, 0.6) is 5.75 Å². The van der Waals surface area contributed by atoms with Crippen molar-refractivity contribution < 1.29 is 4.74 Å². The molecule has 0 amide bonds. The molecule has 0 unspecified atom stereocenters. The van der Waals surface area contributed by atoms with Gasteiger partial charge in [0.1, 0.15) is 5.75 Å². The molecule has 0 fully saturated rings. The first-order valence-electron chi connectivity index (χ1n) is 6.51. The third-order valence-electron chi connectivity index (χ3n) is 3.63. The van der Waals surface area contributed by atoms with Gasteiger partial charge in [0.15, 0.2) is 0 Å². The molecule has 0 atom stereocenters. The van der Waals surface area contributed by atoms with E-state index in [1.165, 1.54) is 22.2 Å². The van der Waals surface area contributed by atoms with Crippen LogP contribution in [0.15, 0.2) is 18.2 Å². The highest BCUT2D eigenvalue weighted by Gasteiger charge is 2.12. The van der Waals surface area contributed by atoms with E-state index in [1.807, 2.05) is 6.07 Å². The van der Waals surface area contributed by atoms with Crippen LogP contribution >= 0.6 is 0 Å². The van der Waals surface area contributed by atoms with Crippen molar-refractivity contribution in [3.8, 4) is 5.75 Å². The number of hydrogen-bond donors (Lipinski definition) is 1. The number of nitrogens with zero attached hydrogens (tertiary/aromatic N) is 1. The zero-order chi connectivity index (χ0) is 13.1. The Labute approximate surface area is 109 Å². The van der Waals surface area contributed by atoms with Gasteiger partial charge >= 0.3 is 0 Å². The Balaban J connectivity index is 2.45. The molecule has 0 saturated heterocycles. The van der Waals surface area contributed by atoms with Crippen LogP contribution in [0, 0.1) is 6.92 Å². The Kier molecular flexibility index (Phi) is 3.92. The summed E-state index contributed by atoms with van der Waals surface area (Å²) < 4.78 is 7.59. The maximum atomic E-state index is 5.33. The fraction of sp³-hybridized carbons (Fsp3) is 0.467. The van der Waals surface area contributed by atoms with Crippen molar-refractivity contribution >= 4 is 10.9 Å². The third-order valence-corrected chi connectivity index (χ3v) is 3.63. The molecule has 0 aliphatic heterocycles.